The molecule has 0 spiro atoms. The van der Waals surface area contributed by atoms with E-state index in [4.69, 9.17) is 6.42 Å². The second kappa shape index (κ2) is 3.76. The molecule has 2 rings (SSSR count). The van der Waals surface area contributed by atoms with Crippen molar-refractivity contribution >= 4 is 0 Å². The predicted octanol–water partition coefficient (Wildman–Crippen LogP) is 2.73. The van der Waals surface area contributed by atoms with Crippen LogP contribution in [0.2, 0.25) is 0 Å². The molecule has 14 heavy (non-hydrogen) atoms. The molecule has 0 bridgehead atoms. The number of nitrogens with zero attached hydrogens (tertiary/aromatic N) is 1. The summed E-state index contributed by atoms with van der Waals surface area (Å²) >= 11 is 0. The maximum Gasteiger partial charge on any atom is 0.0504 e. The summed E-state index contributed by atoms with van der Waals surface area (Å²) in [6.45, 7) is 0. The molecule has 0 aliphatic carbocycles. The van der Waals surface area contributed by atoms with Crippen LogP contribution in [0.4, 0.5) is 0 Å². The van der Waals surface area contributed by atoms with Crippen molar-refractivity contribution in [2.24, 2.45) is 0 Å². The van der Waals surface area contributed by atoms with Crippen molar-refractivity contribution in [2.75, 3.05) is 0 Å². The van der Waals surface area contributed by atoms with Crippen molar-refractivity contribution < 1.29 is 0 Å². The van der Waals surface area contributed by atoms with Gasteiger partial charge in [0, 0.05) is 18.0 Å². The number of terminal acetylenes is 1. The Morgan fingerprint density at radius 1 is 1.07 bits per heavy atom. The van der Waals surface area contributed by atoms with Gasteiger partial charge in [-0.05, 0) is 11.6 Å². The molecule has 1 nitrogen and oxygen atoms in total. The van der Waals surface area contributed by atoms with Crippen LogP contribution in [-0.2, 0) is 0 Å². The highest BCUT2D eigenvalue weighted by molar-refractivity contribution is 5.69. The Hall–Kier alpha value is -2.07. The van der Waals surface area contributed by atoms with Crippen LogP contribution in [0.25, 0.3) is 11.1 Å². The van der Waals surface area contributed by atoms with E-state index < -0.39 is 0 Å². The first-order valence-electron chi connectivity index (χ1n) is 4.38. The molecular weight excluding hydrogens is 170 g/mol. The van der Waals surface area contributed by atoms with Gasteiger partial charge in [-0.25, -0.2) is 0 Å². The van der Waals surface area contributed by atoms with Gasteiger partial charge in [0.1, 0.15) is 0 Å². The smallest absolute Gasteiger partial charge is 0.0504 e. The van der Waals surface area contributed by atoms with Crippen LogP contribution in [0.15, 0.2) is 48.8 Å². The lowest BCUT2D eigenvalue weighted by Gasteiger charge is -2.02. The molecule has 0 radical (unpaired) electrons. The molecule has 0 fully saturated rings. The van der Waals surface area contributed by atoms with Gasteiger partial charge in [0.15, 0.2) is 0 Å². The molecule has 2 aromatic rings. The third kappa shape index (κ3) is 1.51. The minimum absolute atomic E-state index is 0.832. The second-order valence-corrected chi connectivity index (χ2v) is 2.93. The van der Waals surface area contributed by atoms with E-state index >= 15 is 0 Å². The molecule has 66 valence electrons. The fourth-order valence-electron chi connectivity index (χ4n) is 1.38. The highest BCUT2D eigenvalue weighted by Gasteiger charge is 2.00. The third-order valence-corrected chi connectivity index (χ3v) is 2.06. The summed E-state index contributed by atoms with van der Waals surface area (Å²) in [7, 11) is 0. The number of aromatic nitrogens is 1. The predicted molar refractivity (Wildman–Crippen MR) is 57.6 cm³/mol. The van der Waals surface area contributed by atoms with Gasteiger partial charge in [0.05, 0.1) is 5.56 Å². The summed E-state index contributed by atoms with van der Waals surface area (Å²) in [6.07, 6.45) is 8.86. The van der Waals surface area contributed by atoms with Crippen molar-refractivity contribution in [3.8, 4) is 23.5 Å². The van der Waals surface area contributed by atoms with Crippen LogP contribution >= 0.6 is 0 Å². The van der Waals surface area contributed by atoms with Crippen LogP contribution < -0.4 is 0 Å². The number of benzene rings is 1. The molecule has 0 atom stereocenters. The van der Waals surface area contributed by atoms with Crippen LogP contribution in [0, 0.1) is 12.3 Å². The first-order valence-corrected chi connectivity index (χ1v) is 4.38. The molecule has 1 aromatic heterocycles. The normalized spacial score (nSPS) is 9.36. The lowest BCUT2D eigenvalue weighted by atomic mass is 10.0. The number of rotatable bonds is 1. The Labute approximate surface area is 83.4 Å². The molecule has 0 saturated carbocycles. The van der Waals surface area contributed by atoms with Gasteiger partial charge in [-0.3, -0.25) is 4.98 Å². The van der Waals surface area contributed by atoms with E-state index in [1.807, 2.05) is 36.4 Å². The van der Waals surface area contributed by atoms with Gasteiger partial charge in [0.25, 0.3) is 0 Å². The van der Waals surface area contributed by atoms with Gasteiger partial charge in [0.2, 0.25) is 0 Å². The zero-order valence-electron chi connectivity index (χ0n) is 7.64. The summed E-state index contributed by atoms with van der Waals surface area (Å²) in [5.74, 6) is 2.63. The maximum absolute atomic E-state index is 5.40. The summed E-state index contributed by atoms with van der Waals surface area (Å²) in [6, 6.07) is 12.0. The minimum Gasteiger partial charge on any atom is -0.263 e. The first-order chi connectivity index (χ1) is 6.92. The van der Waals surface area contributed by atoms with Crippen molar-refractivity contribution in [1.29, 1.82) is 0 Å². The van der Waals surface area contributed by atoms with Crippen molar-refractivity contribution in [3.05, 3.63) is 54.4 Å². The second-order valence-electron chi connectivity index (χ2n) is 2.93. The lowest BCUT2D eigenvalue weighted by Crippen LogP contribution is -1.84. The zero-order chi connectivity index (χ0) is 9.80. The van der Waals surface area contributed by atoms with Crippen molar-refractivity contribution in [1.82, 2.24) is 4.98 Å². The molecular formula is C13H9N. The average Bonchev–Trinajstić information content (AvgIpc) is 2.30. The quantitative estimate of drug-likeness (QED) is 0.613. The monoisotopic (exact) mass is 179 g/mol. The molecule has 0 N–H and O–H groups in total. The molecule has 0 aliphatic rings. The Morgan fingerprint density at radius 3 is 2.57 bits per heavy atom. The van der Waals surface area contributed by atoms with E-state index in [1.165, 1.54) is 0 Å². The summed E-state index contributed by atoms with van der Waals surface area (Å²) in [5.41, 5.74) is 3.02. The van der Waals surface area contributed by atoms with E-state index in [9.17, 15) is 0 Å². The fourth-order valence-corrected chi connectivity index (χ4v) is 1.38. The summed E-state index contributed by atoms with van der Waals surface area (Å²) in [4.78, 5) is 4.00. The van der Waals surface area contributed by atoms with E-state index in [0.29, 0.717) is 0 Å². The topological polar surface area (TPSA) is 12.9 Å². The zero-order valence-corrected chi connectivity index (χ0v) is 7.64. The van der Waals surface area contributed by atoms with Gasteiger partial charge in [-0.15, -0.1) is 6.42 Å². The summed E-state index contributed by atoms with van der Waals surface area (Å²) in [5, 5.41) is 0. The minimum atomic E-state index is 0.832. The van der Waals surface area contributed by atoms with E-state index in [1.54, 1.807) is 12.4 Å². The lowest BCUT2D eigenvalue weighted by molar-refractivity contribution is 1.31. The van der Waals surface area contributed by atoms with Crippen LogP contribution in [0.5, 0.6) is 0 Å². The van der Waals surface area contributed by atoms with Crippen LogP contribution in [-0.4, -0.2) is 4.98 Å². The Kier molecular flexibility index (Phi) is 2.29. The van der Waals surface area contributed by atoms with Crippen molar-refractivity contribution in [3.63, 3.8) is 0 Å². The Bertz CT molecular complexity index is 466. The van der Waals surface area contributed by atoms with E-state index in [-0.39, 0.29) is 0 Å². The van der Waals surface area contributed by atoms with E-state index in [0.717, 1.165) is 16.7 Å². The molecule has 1 heteroatoms. The highest BCUT2D eigenvalue weighted by atomic mass is 14.6. The molecule has 0 saturated heterocycles. The van der Waals surface area contributed by atoms with Crippen LogP contribution in [0.1, 0.15) is 5.56 Å². The number of hydrogen-bond donors (Lipinski definition) is 0. The molecule has 0 aliphatic heterocycles. The third-order valence-electron chi connectivity index (χ3n) is 2.06. The highest BCUT2D eigenvalue weighted by Crippen LogP contribution is 2.21. The first kappa shape index (κ1) is 8.52. The number of pyridine rings is 1. The standard InChI is InChI=1S/C13H9N/c1-2-11-10-14-9-8-13(11)12-6-4-3-5-7-12/h1,3-10H. The number of hydrogen-bond acceptors (Lipinski definition) is 1. The Morgan fingerprint density at radius 2 is 1.86 bits per heavy atom. The van der Waals surface area contributed by atoms with Gasteiger partial charge in [-0.1, -0.05) is 36.3 Å². The SMILES string of the molecule is C#Cc1cnccc1-c1ccccc1. The molecule has 1 aromatic carbocycles. The fraction of sp³-hybridized carbons (Fsp3) is 0. The molecule has 1 heterocycles. The Balaban J connectivity index is 2.58. The van der Waals surface area contributed by atoms with Crippen LogP contribution in [0.3, 0.4) is 0 Å². The van der Waals surface area contributed by atoms with Gasteiger partial charge < -0.3 is 0 Å². The molecule has 0 unspecified atom stereocenters. The van der Waals surface area contributed by atoms with Gasteiger partial charge >= 0.3 is 0 Å². The largest absolute Gasteiger partial charge is 0.263 e. The van der Waals surface area contributed by atoms with Crippen molar-refractivity contribution in [2.45, 2.75) is 0 Å². The van der Waals surface area contributed by atoms with Gasteiger partial charge in [-0.2, -0.15) is 0 Å². The molecule has 0 amide bonds. The van der Waals surface area contributed by atoms with E-state index in [2.05, 4.69) is 10.9 Å². The summed E-state index contributed by atoms with van der Waals surface area (Å²) < 4.78 is 0. The average molecular weight is 179 g/mol. The maximum atomic E-state index is 5.40.